The van der Waals surface area contributed by atoms with Gasteiger partial charge in [-0.05, 0) is 37.9 Å². The lowest BCUT2D eigenvalue weighted by Crippen LogP contribution is -2.42. The van der Waals surface area contributed by atoms with Crippen LogP contribution in [0.15, 0.2) is 42.7 Å². The molecule has 0 aliphatic carbocycles. The Morgan fingerprint density at radius 1 is 1.21 bits per heavy atom. The molecule has 3 nitrogen and oxygen atoms in total. The Morgan fingerprint density at radius 2 is 2.05 bits per heavy atom. The van der Waals surface area contributed by atoms with Crippen molar-refractivity contribution in [3.05, 3.63) is 48.3 Å². The topological polar surface area (TPSA) is 29.0 Å². The fraction of sp³-hybridized carbons (Fsp3) is 0.375. The highest BCUT2D eigenvalue weighted by Crippen LogP contribution is 2.46. The van der Waals surface area contributed by atoms with E-state index in [2.05, 4.69) is 52.5 Å². The van der Waals surface area contributed by atoms with Gasteiger partial charge in [0.1, 0.15) is 0 Å². The first-order valence-corrected chi connectivity index (χ1v) is 6.91. The smallest absolute Gasteiger partial charge is 0.0646 e. The van der Waals surface area contributed by atoms with Gasteiger partial charge < -0.3 is 0 Å². The lowest BCUT2D eigenvalue weighted by molar-refractivity contribution is 0.168. The van der Waals surface area contributed by atoms with Gasteiger partial charge in [0.25, 0.3) is 0 Å². The van der Waals surface area contributed by atoms with Crippen LogP contribution >= 0.6 is 0 Å². The first-order chi connectivity index (χ1) is 9.29. The summed E-state index contributed by atoms with van der Waals surface area (Å²) in [4.78, 5) is 2.54. The van der Waals surface area contributed by atoms with Crippen molar-refractivity contribution in [2.75, 3.05) is 7.05 Å². The van der Waals surface area contributed by atoms with Crippen molar-refractivity contribution in [3.63, 3.8) is 0 Å². The molecule has 1 saturated heterocycles. The lowest BCUT2D eigenvalue weighted by atomic mass is 9.85. The molecule has 2 aliphatic rings. The van der Waals surface area contributed by atoms with Crippen LogP contribution in [0.5, 0.6) is 0 Å². The summed E-state index contributed by atoms with van der Waals surface area (Å²) >= 11 is 0. The zero-order valence-electron chi connectivity index (χ0n) is 11.1. The zero-order valence-corrected chi connectivity index (χ0v) is 11.1. The number of nitrogens with zero attached hydrogens (tertiary/aromatic N) is 3. The van der Waals surface area contributed by atoms with Gasteiger partial charge in [-0.1, -0.05) is 24.3 Å². The molecule has 2 unspecified atom stereocenters. The number of benzene rings is 1. The average molecular weight is 251 g/mol. The second kappa shape index (κ2) is 3.87. The maximum atomic E-state index is 4.00. The largest absolute Gasteiger partial charge is 0.290 e. The molecule has 2 aliphatic heterocycles. The highest BCUT2D eigenvalue weighted by atomic mass is 15.2. The summed E-state index contributed by atoms with van der Waals surface area (Å²) in [6, 6.07) is 7.39. The van der Waals surface area contributed by atoms with E-state index in [9.17, 15) is 0 Å². The summed E-state index contributed by atoms with van der Waals surface area (Å²) in [7, 11) is 2.26. The number of likely N-dealkylation sites (N-methyl/N-ethyl adjacent to an activating group) is 1. The van der Waals surface area contributed by atoms with Gasteiger partial charge in [-0.3, -0.25) is 4.90 Å². The first-order valence-electron chi connectivity index (χ1n) is 6.91. The van der Waals surface area contributed by atoms with Gasteiger partial charge in [-0.2, -0.15) is 10.2 Å². The molecule has 0 radical (unpaired) electrons. The van der Waals surface area contributed by atoms with Crippen LogP contribution in [0.2, 0.25) is 0 Å². The maximum Gasteiger partial charge on any atom is 0.0646 e. The molecule has 0 N–H and O–H groups in total. The molecule has 1 aromatic carbocycles. The molecule has 2 aromatic rings. The molecule has 0 saturated carbocycles. The van der Waals surface area contributed by atoms with Gasteiger partial charge in [0.15, 0.2) is 0 Å². The van der Waals surface area contributed by atoms with Crippen molar-refractivity contribution in [3.8, 4) is 0 Å². The van der Waals surface area contributed by atoms with Crippen LogP contribution in [0.4, 0.5) is 0 Å². The van der Waals surface area contributed by atoms with Crippen molar-refractivity contribution in [2.45, 2.75) is 30.8 Å². The first kappa shape index (κ1) is 11.1. The number of hydrogen-bond donors (Lipinski definition) is 0. The second-order valence-corrected chi connectivity index (χ2v) is 5.70. The number of fused-ring (bicyclic) bond motifs is 3. The highest BCUT2D eigenvalue weighted by molar-refractivity contribution is 5.81. The van der Waals surface area contributed by atoms with Gasteiger partial charge >= 0.3 is 0 Å². The van der Waals surface area contributed by atoms with Crippen LogP contribution in [0, 0.1) is 0 Å². The van der Waals surface area contributed by atoms with E-state index in [1.54, 1.807) is 0 Å². The third-order valence-electron chi connectivity index (χ3n) is 4.88. The van der Waals surface area contributed by atoms with E-state index >= 15 is 0 Å². The monoisotopic (exact) mass is 251 g/mol. The number of aromatic nitrogens is 2. The van der Waals surface area contributed by atoms with E-state index < -0.39 is 0 Å². The Morgan fingerprint density at radius 3 is 2.95 bits per heavy atom. The Kier molecular flexibility index (Phi) is 2.27. The van der Waals surface area contributed by atoms with Gasteiger partial charge in [-0.25, -0.2) is 0 Å². The maximum absolute atomic E-state index is 4.00. The van der Waals surface area contributed by atoms with Crippen LogP contribution in [0.3, 0.4) is 0 Å². The molecule has 3 heteroatoms. The van der Waals surface area contributed by atoms with E-state index in [1.807, 2.05) is 12.4 Å². The van der Waals surface area contributed by atoms with Crippen molar-refractivity contribution in [2.24, 2.45) is 0 Å². The van der Waals surface area contributed by atoms with Crippen LogP contribution < -0.4 is 0 Å². The van der Waals surface area contributed by atoms with Gasteiger partial charge in [0.2, 0.25) is 0 Å². The summed E-state index contributed by atoms with van der Waals surface area (Å²) < 4.78 is 0. The van der Waals surface area contributed by atoms with Crippen LogP contribution in [-0.4, -0.2) is 28.2 Å². The summed E-state index contributed by atoms with van der Waals surface area (Å²) in [5.41, 5.74) is 1.48. The SMILES string of the molecule is CN1C2CC=CC1(c1ccc3cnncc3c1)CC2. The van der Waals surface area contributed by atoms with Crippen molar-refractivity contribution >= 4 is 10.8 Å². The Hall–Kier alpha value is -1.74. The Labute approximate surface area is 112 Å². The van der Waals surface area contributed by atoms with E-state index in [-0.39, 0.29) is 5.54 Å². The van der Waals surface area contributed by atoms with Crippen molar-refractivity contribution in [1.82, 2.24) is 15.1 Å². The van der Waals surface area contributed by atoms with Gasteiger partial charge in [0.05, 0.1) is 17.9 Å². The van der Waals surface area contributed by atoms with Crippen molar-refractivity contribution < 1.29 is 0 Å². The minimum Gasteiger partial charge on any atom is -0.290 e. The molecular formula is C16H17N3. The predicted octanol–water partition coefficient (Wildman–Crippen LogP) is 2.88. The van der Waals surface area contributed by atoms with Crippen LogP contribution in [0.1, 0.15) is 24.8 Å². The van der Waals surface area contributed by atoms with E-state index in [4.69, 9.17) is 0 Å². The third kappa shape index (κ3) is 1.48. The Balaban J connectivity index is 1.90. The summed E-state index contributed by atoms with van der Waals surface area (Å²) in [5.74, 6) is 0. The minimum atomic E-state index is 0.0976. The van der Waals surface area contributed by atoms with Crippen molar-refractivity contribution in [1.29, 1.82) is 0 Å². The molecule has 0 amide bonds. The third-order valence-corrected chi connectivity index (χ3v) is 4.88. The van der Waals surface area contributed by atoms with Gasteiger partial charge in [0, 0.05) is 16.8 Å². The van der Waals surface area contributed by atoms with Gasteiger partial charge in [-0.15, -0.1) is 0 Å². The van der Waals surface area contributed by atoms with Crippen LogP contribution in [-0.2, 0) is 5.54 Å². The summed E-state index contributed by atoms with van der Waals surface area (Å²) in [6.07, 6.45) is 12.1. The molecule has 1 fully saturated rings. The molecule has 1 aromatic heterocycles. The fourth-order valence-electron chi connectivity index (χ4n) is 3.69. The standard InChI is InChI=1S/C16H17N3/c1-19-15-3-2-7-16(19,8-6-15)14-5-4-12-10-17-18-11-13(12)9-14/h2,4-5,7,9-11,15H,3,6,8H2,1H3. The quantitative estimate of drug-likeness (QED) is 0.730. The fourth-order valence-corrected chi connectivity index (χ4v) is 3.69. The van der Waals surface area contributed by atoms with E-state index in [0.717, 1.165) is 5.39 Å². The second-order valence-electron chi connectivity index (χ2n) is 5.70. The molecule has 19 heavy (non-hydrogen) atoms. The molecular weight excluding hydrogens is 234 g/mol. The number of rotatable bonds is 1. The number of hydrogen-bond acceptors (Lipinski definition) is 3. The Bertz CT molecular complexity index is 664. The molecule has 4 rings (SSSR count). The average Bonchev–Trinajstić information content (AvgIpc) is 2.66. The van der Waals surface area contributed by atoms with E-state index in [0.29, 0.717) is 6.04 Å². The molecule has 96 valence electrons. The molecule has 3 heterocycles. The molecule has 2 bridgehead atoms. The molecule has 2 atom stereocenters. The predicted molar refractivity (Wildman–Crippen MR) is 75.8 cm³/mol. The normalized spacial score (nSPS) is 30.1. The molecule has 0 spiro atoms. The minimum absolute atomic E-state index is 0.0976. The summed E-state index contributed by atoms with van der Waals surface area (Å²) in [6.45, 7) is 0. The highest BCUT2D eigenvalue weighted by Gasteiger charge is 2.45. The summed E-state index contributed by atoms with van der Waals surface area (Å²) in [5, 5.41) is 10.3. The van der Waals surface area contributed by atoms with Crippen LogP contribution in [0.25, 0.3) is 10.8 Å². The van der Waals surface area contributed by atoms with E-state index in [1.165, 1.54) is 30.2 Å². The lowest BCUT2D eigenvalue weighted by Gasteiger charge is -2.39. The zero-order chi connectivity index (χ0) is 12.9.